The number of carbonyl (C=O) groups excluding carboxylic acids is 1. The number of hydrogen-bond acceptors (Lipinski definition) is 6. The number of nitro benzene ring substituents is 1. The first-order valence-electron chi connectivity index (χ1n) is 8.56. The molecule has 0 spiro atoms. The maximum atomic E-state index is 13.3. The van der Waals surface area contributed by atoms with Crippen LogP contribution in [0.1, 0.15) is 25.0 Å². The van der Waals surface area contributed by atoms with Crippen molar-refractivity contribution in [3.05, 3.63) is 63.7 Å². The van der Waals surface area contributed by atoms with Crippen molar-refractivity contribution < 1.29 is 22.9 Å². The van der Waals surface area contributed by atoms with Gasteiger partial charge in [-0.3, -0.25) is 19.2 Å². The summed E-state index contributed by atoms with van der Waals surface area (Å²) in [5.41, 5.74) is 1.40. The summed E-state index contributed by atoms with van der Waals surface area (Å²) in [6, 6.07) is 9.94. The van der Waals surface area contributed by atoms with Crippen LogP contribution in [0.4, 0.5) is 11.4 Å². The Kier molecular flexibility index (Phi) is 6.40. The van der Waals surface area contributed by atoms with Gasteiger partial charge in [0.1, 0.15) is 6.54 Å². The zero-order chi connectivity index (χ0) is 21.1. The molecule has 2 aromatic rings. The van der Waals surface area contributed by atoms with E-state index in [9.17, 15) is 23.3 Å². The summed E-state index contributed by atoms with van der Waals surface area (Å²) < 4.78 is 32.6. The molecule has 0 aliphatic carbocycles. The number of carbonyl (C=O) groups is 1. The Morgan fingerprint density at radius 3 is 2.46 bits per heavy atom. The summed E-state index contributed by atoms with van der Waals surface area (Å²) in [5, 5.41) is 11.0. The van der Waals surface area contributed by atoms with Gasteiger partial charge in [-0.05, 0) is 51.0 Å². The number of esters is 1. The summed E-state index contributed by atoms with van der Waals surface area (Å²) in [4.78, 5) is 22.3. The minimum absolute atomic E-state index is 0.278. The van der Waals surface area contributed by atoms with E-state index in [2.05, 4.69) is 0 Å². The van der Waals surface area contributed by atoms with Crippen LogP contribution < -0.4 is 4.31 Å². The van der Waals surface area contributed by atoms with E-state index in [4.69, 9.17) is 4.74 Å². The molecule has 0 atom stereocenters. The van der Waals surface area contributed by atoms with E-state index in [-0.39, 0.29) is 10.6 Å². The lowest BCUT2D eigenvalue weighted by atomic mass is 10.1. The number of sulfonamides is 1. The van der Waals surface area contributed by atoms with Gasteiger partial charge in [-0.15, -0.1) is 0 Å². The number of rotatable bonds is 7. The maximum Gasteiger partial charge on any atom is 0.327 e. The number of aryl methyl sites for hydroxylation is 2. The first kappa shape index (κ1) is 21.4. The summed E-state index contributed by atoms with van der Waals surface area (Å²) in [5.74, 6) is -0.718. The van der Waals surface area contributed by atoms with E-state index in [0.29, 0.717) is 11.3 Å². The number of hydrogen-bond donors (Lipinski definition) is 0. The zero-order valence-electron chi connectivity index (χ0n) is 16.1. The van der Waals surface area contributed by atoms with Gasteiger partial charge in [0, 0.05) is 12.1 Å². The molecular formula is C19H22N2O6S. The van der Waals surface area contributed by atoms with E-state index in [1.165, 1.54) is 18.2 Å². The van der Waals surface area contributed by atoms with Gasteiger partial charge in [-0.2, -0.15) is 0 Å². The largest absolute Gasteiger partial charge is 0.462 e. The van der Waals surface area contributed by atoms with Crippen molar-refractivity contribution in [1.29, 1.82) is 0 Å². The van der Waals surface area contributed by atoms with E-state index in [1.807, 2.05) is 6.07 Å². The Hall–Kier alpha value is -2.94. The van der Waals surface area contributed by atoms with Crippen molar-refractivity contribution in [3.8, 4) is 0 Å². The van der Waals surface area contributed by atoms with Crippen molar-refractivity contribution in [1.82, 2.24) is 0 Å². The number of non-ortho nitro benzene ring substituents is 1. The molecule has 0 radical (unpaired) electrons. The topological polar surface area (TPSA) is 107 Å². The van der Waals surface area contributed by atoms with Crippen LogP contribution in [-0.2, 0) is 19.6 Å². The maximum absolute atomic E-state index is 13.3. The van der Waals surface area contributed by atoms with Gasteiger partial charge in [0.05, 0.1) is 21.6 Å². The fourth-order valence-electron chi connectivity index (χ4n) is 2.59. The minimum Gasteiger partial charge on any atom is -0.462 e. The average Bonchev–Trinajstić information content (AvgIpc) is 2.61. The quantitative estimate of drug-likeness (QED) is 0.396. The molecule has 28 heavy (non-hydrogen) atoms. The second-order valence-corrected chi connectivity index (χ2v) is 8.46. The Morgan fingerprint density at radius 1 is 1.18 bits per heavy atom. The summed E-state index contributed by atoms with van der Waals surface area (Å²) in [6.45, 7) is 6.30. The Bertz CT molecular complexity index is 1000. The third-order valence-electron chi connectivity index (χ3n) is 3.89. The van der Waals surface area contributed by atoms with Crippen molar-refractivity contribution in [2.24, 2.45) is 0 Å². The van der Waals surface area contributed by atoms with Crippen LogP contribution in [-0.4, -0.2) is 32.0 Å². The fourth-order valence-corrected chi connectivity index (χ4v) is 4.10. The molecule has 2 aromatic carbocycles. The van der Waals surface area contributed by atoms with Gasteiger partial charge in [0.15, 0.2) is 0 Å². The van der Waals surface area contributed by atoms with Crippen LogP contribution in [0.2, 0.25) is 0 Å². The number of nitro groups is 1. The Balaban J connectivity index is 2.59. The Labute approximate surface area is 163 Å². The Morgan fingerprint density at radius 2 is 1.86 bits per heavy atom. The number of ether oxygens (including phenoxy) is 1. The monoisotopic (exact) mass is 406 g/mol. The smallest absolute Gasteiger partial charge is 0.327 e. The van der Waals surface area contributed by atoms with Crippen molar-refractivity contribution in [2.45, 2.75) is 38.7 Å². The summed E-state index contributed by atoms with van der Waals surface area (Å²) in [6.07, 6.45) is -0.409. The van der Waals surface area contributed by atoms with Gasteiger partial charge in [-0.1, -0.05) is 18.2 Å². The van der Waals surface area contributed by atoms with Crippen LogP contribution in [0, 0.1) is 24.0 Å². The summed E-state index contributed by atoms with van der Waals surface area (Å²) in [7, 11) is -4.25. The standard InChI is InChI=1S/C19H22N2O6S/c1-13(2)27-19(22)12-20(18-10-14(3)8-9-15(18)4)28(25,26)17-7-5-6-16(11-17)21(23)24/h5-11,13H,12H2,1-4H3. The molecule has 0 bridgehead atoms. The molecule has 0 aromatic heterocycles. The first-order chi connectivity index (χ1) is 13.0. The predicted molar refractivity (Wildman–Crippen MR) is 105 cm³/mol. The molecule has 0 fully saturated rings. The third-order valence-corrected chi connectivity index (χ3v) is 5.65. The number of nitrogens with zero attached hydrogens (tertiary/aromatic N) is 2. The second-order valence-electron chi connectivity index (χ2n) is 6.59. The van der Waals surface area contributed by atoms with Crippen LogP contribution in [0.25, 0.3) is 0 Å². The van der Waals surface area contributed by atoms with Crippen LogP contribution in [0.3, 0.4) is 0 Å². The highest BCUT2D eigenvalue weighted by Gasteiger charge is 2.30. The zero-order valence-corrected chi connectivity index (χ0v) is 16.9. The second kappa shape index (κ2) is 8.39. The molecule has 0 aliphatic rings. The molecule has 150 valence electrons. The average molecular weight is 406 g/mol. The van der Waals surface area contributed by atoms with Crippen LogP contribution in [0.15, 0.2) is 47.4 Å². The van der Waals surface area contributed by atoms with Crippen molar-refractivity contribution in [2.75, 3.05) is 10.8 Å². The molecule has 9 heteroatoms. The highest BCUT2D eigenvalue weighted by Crippen LogP contribution is 2.29. The van der Waals surface area contributed by atoms with Gasteiger partial charge in [0.25, 0.3) is 15.7 Å². The van der Waals surface area contributed by atoms with E-state index >= 15 is 0 Å². The normalized spacial score (nSPS) is 11.3. The molecule has 0 amide bonds. The number of benzene rings is 2. The van der Waals surface area contributed by atoms with Crippen LogP contribution in [0.5, 0.6) is 0 Å². The molecule has 0 N–H and O–H groups in total. The molecule has 0 heterocycles. The van der Waals surface area contributed by atoms with E-state index in [0.717, 1.165) is 15.9 Å². The molecular weight excluding hydrogens is 384 g/mol. The van der Waals surface area contributed by atoms with E-state index in [1.54, 1.807) is 39.8 Å². The van der Waals surface area contributed by atoms with Crippen molar-refractivity contribution in [3.63, 3.8) is 0 Å². The minimum atomic E-state index is -4.25. The van der Waals surface area contributed by atoms with Gasteiger partial charge < -0.3 is 4.74 Å². The highest BCUT2D eigenvalue weighted by atomic mass is 32.2. The molecule has 8 nitrogen and oxygen atoms in total. The first-order valence-corrected chi connectivity index (χ1v) is 10.0. The van der Waals surface area contributed by atoms with Crippen LogP contribution >= 0.6 is 0 Å². The predicted octanol–water partition coefficient (Wildman–Crippen LogP) is 3.36. The number of anilines is 1. The third kappa shape index (κ3) is 4.86. The molecule has 0 aliphatic heterocycles. The lowest BCUT2D eigenvalue weighted by molar-refractivity contribution is -0.385. The lowest BCUT2D eigenvalue weighted by Crippen LogP contribution is -2.37. The van der Waals surface area contributed by atoms with Gasteiger partial charge in [-0.25, -0.2) is 8.42 Å². The molecule has 0 saturated heterocycles. The van der Waals surface area contributed by atoms with Gasteiger partial charge >= 0.3 is 5.97 Å². The lowest BCUT2D eigenvalue weighted by Gasteiger charge is -2.26. The van der Waals surface area contributed by atoms with Crippen molar-refractivity contribution >= 4 is 27.4 Å². The summed E-state index contributed by atoms with van der Waals surface area (Å²) >= 11 is 0. The fraction of sp³-hybridized carbons (Fsp3) is 0.316. The molecule has 2 rings (SSSR count). The van der Waals surface area contributed by atoms with Gasteiger partial charge in [0.2, 0.25) is 0 Å². The molecule has 0 saturated carbocycles. The molecule has 0 unspecified atom stereocenters. The highest BCUT2D eigenvalue weighted by molar-refractivity contribution is 7.92. The SMILES string of the molecule is Cc1ccc(C)c(N(CC(=O)OC(C)C)S(=O)(=O)c2cccc([N+](=O)[O-])c2)c1. The van der Waals surface area contributed by atoms with E-state index < -0.39 is 33.6 Å².